The Morgan fingerprint density at radius 3 is 2.79 bits per heavy atom. The SMILES string of the molecule is CC(=O)Oc1ccoc1-c1ccco1. The molecule has 4 heteroatoms. The van der Waals surface area contributed by atoms with Crippen LogP contribution in [0.15, 0.2) is 39.6 Å². The summed E-state index contributed by atoms with van der Waals surface area (Å²) in [6.45, 7) is 1.33. The number of carbonyl (C=O) groups is 1. The Balaban J connectivity index is 2.35. The lowest BCUT2D eigenvalue weighted by Gasteiger charge is -1.98. The van der Waals surface area contributed by atoms with Gasteiger partial charge in [0.15, 0.2) is 11.5 Å². The molecule has 0 N–H and O–H groups in total. The lowest BCUT2D eigenvalue weighted by atomic mass is 10.3. The van der Waals surface area contributed by atoms with E-state index >= 15 is 0 Å². The van der Waals surface area contributed by atoms with Crippen LogP contribution in [0.2, 0.25) is 0 Å². The molecule has 2 rings (SSSR count). The van der Waals surface area contributed by atoms with Crippen LogP contribution < -0.4 is 4.74 Å². The second kappa shape index (κ2) is 3.41. The smallest absolute Gasteiger partial charge is 0.308 e. The number of esters is 1. The standard InChI is InChI=1S/C10H8O4/c1-7(11)14-9-4-6-13-10(9)8-3-2-5-12-8/h2-6H,1H3. The minimum atomic E-state index is -0.390. The van der Waals surface area contributed by atoms with Crippen molar-refractivity contribution in [3.8, 4) is 17.3 Å². The van der Waals surface area contributed by atoms with Crippen molar-refractivity contribution in [1.29, 1.82) is 0 Å². The van der Waals surface area contributed by atoms with Crippen LogP contribution in [-0.4, -0.2) is 5.97 Å². The first-order valence-electron chi connectivity index (χ1n) is 4.07. The molecule has 0 unspecified atom stereocenters. The Hall–Kier alpha value is -1.97. The zero-order valence-corrected chi connectivity index (χ0v) is 7.52. The van der Waals surface area contributed by atoms with Gasteiger partial charge in [0.05, 0.1) is 12.5 Å². The van der Waals surface area contributed by atoms with E-state index in [1.165, 1.54) is 19.5 Å². The molecule has 0 amide bonds. The van der Waals surface area contributed by atoms with Crippen LogP contribution in [0.25, 0.3) is 11.5 Å². The average molecular weight is 192 g/mol. The van der Waals surface area contributed by atoms with E-state index in [9.17, 15) is 4.79 Å². The average Bonchev–Trinajstić information content (AvgIpc) is 2.70. The van der Waals surface area contributed by atoms with Crippen LogP contribution in [0, 0.1) is 0 Å². The highest BCUT2D eigenvalue weighted by Crippen LogP contribution is 2.31. The van der Waals surface area contributed by atoms with Crippen LogP contribution in [0.5, 0.6) is 5.75 Å². The van der Waals surface area contributed by atoms with Crippen molar-refractivity contribution >= 4 is 5.97 Å². The highest BCUT2D eigenvalue weighted by Gasteiger charge is 2.13. The molecule has 72 valence electrons. The molecule has 14 heavy (non-hydrogen) atoms. The van der Waals surface area contributed by atoms with Crippen LogP contribution in [0.1, 0.15) is 6.92 Å². The number of rotatable bonds is 2. The fourth-order valence-corrected chi connectivity index (χ4v) is 1.12. The maximum atomic E-state index is 10.7. The summed E-state index contributed by atoms with van der Waals surface area (Å²) >= 11 is 0. The van der Waals surface area contributed by atoms with Crippen molar-refractivity contribution in [2.75, 3.05) is 0 Å². The molecule has 0 fully saturated rings. The summed E-state index contributed by atoms with van der Waals surface area (Å²) in [5.41, 5.74) is 0. The van der Waals surface area contributed by atoms with E-state index in [1.807, 2.05) is 0 Å². The van der Waals surface area contributed by atoms with E-state index < -0.39 is 0 Å². The van der Waals surface area contributed by atoms with Gasteiger partial charge in [0.25, 0.3) is 0 Å². The lowest BCUT2D eigenvalue weighted by Crippen LogP contribution is -2.00. The number of hydrogen-bond donors (Lipinski definition) is 0. The molecular formula is C10H8O4. The Kier molecular flexibility index (Phi) is 2.10. The molecule has 4 nitrogen and oxygen atoms in total. The van der Waals surface area contributed by atoms with Gasteiger partial charge in [-0.15, -0.1) is 0 Å². The Morgan fingerprint density at radius 2 is 2.14 bits per heavy atom. The van der Waals surface area contributed by atoms with Crippen LogP contribution in [0.4, 0.5) is 0 Å². The topological polar surface area (TPSA) is 52.6 Å². The Morgan fingerprint density at radius 1 is 1.29 bits per heavy atom. The number of furan rings is 2. The second-order valence-corrected chi connectivity index (χ2v) is 2.68. The summed E-state index contributed by atoms with van der Waals surface area (Å²) in [6.07, 6.45) is 2.96. The van der Waals surface area contributed by atoms with Gasteiger partial charge in [-0.05, 0) is 12.1 Å². The Bertz CT molecular complexity index is 425. The van der Waals surface area contributed by atoms with Crippen molar-refractivity contribution in [3.05, 3.63) is 30.7 Å². The molecule has 0 saturated heterocycles. The fraction of sp³-hybridized carbons (Fsp3) is 0.100. The summed E-state index contributed by atoms with van der Waals surface area (Å²) in [5, 5.41) is 0. The lowest BCUT2D eigenvalue weighted by molar-refractivity contribution is -0.131. The van der Waals surface area contributed by atoms with Gasteiger partial charge in [-0.25, -0.2) is 0 Å². The maximum absolute atomic E-state index is 10.7. The van der Waals surface area contributed by atoms with Crippen molar-refractivity contribution < 1.29 is 18.4 Å². The van der Waals surface area contributed by atoms with Crippen molar-refractivity contribution in [2.45, 2.75) is 6.92 Å². The second-order valence-electron chi connectivity index (χ2n) is 2.68. The van der Waals surface area contributed by atoms with Gasteiger partial charge in [0.2, 0.25) is 5.76 Å². The first kappa shape index (κ1) is 8.62. The fourth-order valence-electron chi connectivity index (χ4n) is 1.12. The highest BCUT2D eigenvalue weighted by atomic mass is 16.5. The minimum absolute atomic E-state index is 0.368. The van der Waals surface area contributed by atoms with Crippen LogP contribution >= 0.6 is 0 Å². The quantitative estimate of drug-likeness (QED) is 0.686. The largest absolute Gasteiger partial charge is 0.461 e. The van der Waals surface area contributed by atoms with Crippen LogP contribution in [-0.2, 0) is 4.79 Å². The molecular weight excluding hydrogens is 184 g/mol. The first-order valence-corrected chi connectivity index (χ1v) is 4.07. The predicted octanol–water partition coefficient (Wildman–Crippen LogP) is 2.46. The molecule has 2 aromatic rings. The maximum Gasteiger partial charge on any atom is 0.308 e. The van der Waals surface area contributed by atoms with E-state index in [4.69, 9.17) is 13.6 Å². The van der Waals surface area contributed by atoms with E-state index in [0.29, 0.717) is 17.3 Å². The number of ether oxygens (including phenoxy) is 1. The van der Waals surface area contributed by atoms with Gasteiger partial charge in [-0.3, -0.25) is 4.79 Å². The van der Waals surface area contributed by atoms with Gasteiger partial charge in [0.1, 0.15) is 0 Å². The molecule has 0 spiro atoms. The van der Waals surface area contributed by atoms with E-state index in [0.717, 1.165) is 0 Å². The van der Waals surface area contributed by atoms with E-state index in [2.05, 4.69) is 0 Å². The normalized spacial score (nSPS) is 10.1. The molecule has 0 atom stereocenters. The first-order chi connectivity index (χ1) is 6.77. The molecule has 0 aliphatic heterocycles. The zero-order chi connectivity index (χ0) is 9.97. The van der Waals surface area contributed by atoms with Crippen LogP contribution in [0.3, 0.4) is 0 Å². The van der Waals surface area contributed by atoms with Crippen molar-refractivity contribution in [3.63, 3.8) is 0 Å². The Labute approximate surface area is 80.1 Å². The summed E-state index contributed by atoms with van der Waals surface area (Å²) in [5.74, 6) is 0.933. The third-order valence-corrected chi connectivity index (χ3v) is 1.63. The van der Waals surface area contributed by atoms with Gasteiger partial charge >= 0.3 is 5.97 Å². The minimum Gasteiger partial charge on any atom is -0.461 e. The van der Waals surface area contributed by atoms with Gasteiger partial charge in [-0.1, -0.05) is 0 Å². The molecule has 2 aromatic heterocycles. The van der Waals surface area contributed by atoms with Crippen molar-refractivity contribution in [1.82, 2.24) is 0 Å². The predicted molar refractivity (Wildman–Crippen MR) is 47.7 cm³/mol. The van der Waals surface area contributed by atoms with Crippen molar-refractivity contribution in [2.24, 2.45) is 0 Å². The molecule has 0 aromatic carbocycles. The monoisotopic (exact) mass is 192 g/mol. The molecule has 0 aliphatic carbocycles. The van der Waals surface area contributed by atoms with Gasteiger partial charge < -0.3 is 13.6 Å². The van der Waals surface area contributed by atoms with Gasteiger partial charge in [0, 0.05) is 13.0 Å². The summed E-state index contributed by atoms with van der Waals surface area (Å²) in [7, 11) is 0. The molecule has 2 heterocycles. The molecule has 0 bridgehead atoms. The third kappa shape index (κ3) is 1.54. The third-order valence-electron chi connectivity index (χ3n) is 1.63. The van der Waals surface area contributed by atoms with E-state index in [1.54, 1.807) is 18.2 Å². The summed E-state index contributed by atoms with van der Waals surface area (Å²) in [6, 6.07) is 5.03. The summed E-state index contributed by atoms with van der Waals surface area (Å²) < 4.78 is 15.2. The van der Waals surface area contributed by atoms with Gasteiger partial charge in [-0.2, -0.15) is 0 Å². The van der Waals surface area contributed by atoms with E-state index in [-0.39, 0.29) is 5.97 Å². The highest BCUT2D eigenvalue weighted by molar-refractivity contribution is 5.72. The zero-order valence-electron chi connectivity index (χ0n) is 7.52. The number of carbonyl (C=O) groups excluding carboxylic acids is 1. The number of hydrogen-bond acceptors (Lipinski definition) is 4. The molecule has 0 saturated carbocycles. The summed E-state index contributed by atoms with van der Waals surface area (Å²) in [4.78, 5) is 10.7. The molecule has 0 radical (unpaired) electrons. The molecule has 0 aliphatic rings.